The molecule has 104 valence electrons. The molecule has 0 bridgehead atoms. The van der Waals surface area contributed by atoms with Gasteiger partial charge in [0, 0.05) is 13.0 Å². The van der Waals surface area contributed by atoms with E-state index in [9.17, 15) is 20.0 Å². The number of nitro benzene ring substituents is 1. The number of aromatic nitrogens is 1. The van der Waals surface area contributed by atoms with Gasteiger partial charge in [0.05, 0.1) is 22.4 Å². The minimum absolute atomic E-state index is 0.0280. The number of amides is 1. The molecule has 8 heteroatoms. The molecule has 0 spiro atoms. The Morgan fingerprint density at radius 1 is 1.45 bits per heavy atom. The minimum atomic E-state index is -0.644. The van der Waals surface area contributed by atoms with Crippen molar-refractivity contribution in [3.8, 4) is 5.75 Å². The molecule has 0 aliphatic heterocycles. The number of non-ortho nitro benzene ring substituents is 1. The number of nitro groups is 1. The van der Waals surface area contributed by atoms with Crippen LogP contribution in [0.2, 0.25) is 0 Å². The molecule has 2 N–H and O–H groups in total. The fourth-order valence-corrected chi connectivity index (χ4v) is 1.66. The van der Waals surface area contributed by atoms with Crippen molar-refractivity contribution >= 4 is 17.3 Å². The number of rotatable bonds is 3. The van der Waals surface area contributed by atoms with E-state index in [2.05, 4.69) is 10.3 Å². The molecular weight excluding hydrogens is 266 g/mol. The lowest BCUT2D eigenvalue weighted by atomic mass is 10.2. The van der Waals surface area contributed by atoms with E-state index in [4.69, 9.17) is 4.42 Å². The van der Waals surface area contributed by atoms with Crippen LogP contribution < -0.4 is 5.32 Å². The average molecular weight is 277 g/mol. The van der Waals surface area contributed by atoms with E-state index in [0.29, 0.717) is 11.6 Å². The van der Waals surface area contributed by atoms with Crippen molar-refractivity contribution in [1.82, 2.24) is 4.98 Å². The van der Waals surface area contributed by atoms with Crippen molar-refractivity contribution < 1.29 is 19.2 Å². The molecule has 1 heterocycles. The Balaban J connectivity index is 2.24. The Bertz CT molecular complexity index is 692. The van der Waals surface area contributed by atoms with Crippen LogP contribution in [0.15, 0.2) is 22.6 Å². The maximum atomic E-state index is 11.9. The first-order chi connectivity index (χ1) is 9.38. The molecule has 0 fully saturated rings. The maximum Gasteiger partial charge on any atom is 0.293 e. The second-order valence-electron chi connectivity index (χ2n) is 4.06. The van der Waals surface area contributed by atoms with Crippen LogP contribution in [0.3, 0.4) is 0 Å². The number of phenols is 1. The lowest BCUT2D eigenvalue weighted by Gasteiger charge is -2.05. The van der Waals surface area contributed by atoms with Gasteiger partial charge in [0.2, 0.25) is 5.76 Å². The standard InChI is InChI=1S/C12H11N3O5/c1-6-11(20-7(2)13-6)12(17)14-9-4-3-8(15(18)19)5-10(9)16/h3-5,16H,1-2H3,(H,14,17). The monoisotopic (exact) mass is 277 g/mol. The first-order valence-corrected chi connectivity index (χ1v) is 5.61. The molecule has 0 aliphatic rings. The van der Waals surface area contributed by atoms with Crippen LogP contribution in [0, 0.1) is 24.0 Å². The topological polar surface area (TPSA) is 118 Å². The molecule has 1 amide bonds. The fraction of sp³-hybridized carbons (Fsp3) is 0.167. The van der Waals surface area contributed by atoms with Crippen LogP contribution in [-0.2, 0) is 0 Å². The molecular formula is C12H11N3O5. The van der Waals surface area contributed by atoms with Crippen LogP contribution in [0.5, 0.6) is 5.75 Å². The van der Waals surface area contributed by atoms with Gasteiger partial charge in [0.1, 0.15) is 5.75 Å². The van der Waals surface area contributed by atoms with Gasteiger partial charge in [-0.3, -0.25) is 14.9 Å². The summed E-state index contributed by atoms with van der Waals surface area (Å²) >= 11 is 0. The average Bonchev–Trinajstić information content (AvgIpc) is 2.70. The second-order valence-corrected chi connectivity index (χ2v) is 4.06. The summed E-state index contributed by atoms with van der Waals surface area (Å²) in [5.41, 5.74) is 0.197. The van der Waals surface area contributed by atoms with Crippen molar-refractivity contribution in [1.29, 1.82) is 0 Å². The van der Waals surface area contributed by atoms with Crippen LogP contribution in [-0.4, -0.2) is 20.9 Å². The van der Waals surface area contributed by atoms with Gasteiger partial charge in [-0.15, -0.1) is 0 Å². The molecule has 1 aromatic carbocycles. The lowest BCUT2D eigenvalue weighted by molar-refractivity contribution is -0.384. The van der Waals surface area contributed by atoms with Crippen LogP contribution in [0.25, 0.3) is 0 Å². The van der Waals surface area contributed by atoms with Gasteiger partial charge < -0.3 is 14.8 Å². The first-order valence-electron chi connectivity index (χ1n) is 5.61. The second kappa shape index (κ2) is 5.00. The molecule has 0 saturated carbocycles. The summed E-state index contributed by atoms with van der Waals surface area (Å²) in [6.07, 6.45) is 0. The Morgan fingerprint density at radius 3 is 2.65 bits per heavy atom. The van der Waals surface area contributed by atoms with Crippen molar-refractivity contribution in [3.63, 3.8) is 0 Å². The lowest BCUT2D eigenvalue weighted by Crippen LogP contribution is -2.12. The maximum absolute atomic E-state index is 11.9. The number of carbonyl (C=O) groups is 1. The highest BCUT2D eigenvalue weighted by molar-refractivity contribution is 6.03. The molecule has 0 unspecified atom stereocenters. The highest BCUT2D eigenvalue weighted by Gasteiger charge is 2.18. The minimum Gasteiger partial charge on any atom is -0.506 e. The van der Waals surface area contributed by atoms with Crippen molar-refractivity contribution in [2.45, 2.75) is 13.8 Å². The Morgan fingerprint density at radius 2 is 2.15 bits per heavy atom. The predicted molar refractivity (Wildman–Crippen MR) is 68.7 cm³/mol. The van der Waals surface area contributed by atoms with E-state index in [-0.39, 0.29) is 17.1 Å². The summed E-state index contributed by atoms with van der Waals surface area (Å²) in [7, 11) is 0. The molecule has 20 heavy (non-hydrogen) atoms. The molecule has 0 radical (unpaired) electrons. The highest BCUT2D eigenvalue weighted by atomic mass is 16.6. The molecule has 0 saturated heterocycles. The Kier molecular flexibility index (Phi) is 3.38. The molecule has 0 aliphatic carbocycles. The summed E-state index contributed by atoms with van der Waals surface area (Å²) in [6, 6.07) is 3.37. The summed E-state index contributed by atoms with van der Waals surface area (Å²) in [4.78, 5) is 25.8. The number of anilines is 1. The Labute approximate surface area is 113 Å². The van der Waals surface area contributed by atoms with E-state index >= 15 is 0 Å². The number of hydrogen-bond donors (Lipinski definition) is 2. The van der Waals surface area contributed by atoms with Crippen molar-refractivity contribution in [3.05, 3.63) is 45.7 Å². The van der Waals surface area contributed by atoms with Gasteiger partial charge in [-0.2, -0.15) is 0 Å². The zero-order chi connectivity index (χ0) is 14.9. The predicted octanol–water partition coefficient (Wildman–Crippen LogP) is 2.16. The van der Waals surface area contributed by atoms with Crippen molar-refractivity contribution in [2.75, 3.05) is 5.32 Å². The number of carbonyl (C=O) groups excluding carboxylic acids is 1. The quantitative estimate of drug-likeness (QED) is 0.504. The van der Waals surface area contributed by atoms with Crippen LogP contribution >= 0.6 is 0 Å². The van der Waals surface area contributed by atoms with Gasteiger partial charge >= 0.3 is 0 Å². The smallest absolute Gasteiger partial charge is 0.293 e. The van der Waals surface area contributed by atoms with Gasteiger partial charge in [-0.25, -0.2) is 4.98 Å². The number of nitrogens with zero attached hydrogens (tertiary/aromatic N) is 2. The molecule has 2 aromatic rings. The van der Waals surface area contributed by atoms with E-state index in [0.717, 1.165) is 6.07 Å². The SMILES string of the molecule is Cc1nc(C)c(C(=O)Nc2ccc([N+](=O)[O-])cc2O)o1. The third-order valence-electron chi connectivity index (χ3n) is 2.55. The summed E-state index contributed by atoms with van der Waals surface area (Å²) in [5.74, 6) is -0.616. The molecule has 8 nitrogen and oxygen atoms in total. The molecule has 0 atom stereocenters. The number of nitrogens with one attached hydrogen (secondary N) is 1. The fourth-order valence-electron chi connectivity index (χ4n) is 1.66. The largest absolute Gasteiger partial charge is 0.506 e. The van der Waals surface area contributed by atoms with Crippen molar-refractivity contribution in [2.24, 2.45) is 0 Å². The molecule has 1 aromatic heterocycles. The van der Waals surface area contributed by atoms with E-state index < -0.39 is 16.6 Å². The summed E-state index contributed by atoms with van der Waals surface area (Å²) < 4.78 is 5.14. The van der Waals surface area contributed by atoms with E-state index in [1.807, 2.05) is 0 Å². The zero-order valence-corrected chi connectivity index (χ0v) is 10.7. The Hall–Kier alpha value is -2.90. The number of benzene rings is 1. The third-order valence-corrected chi connectivity index (χ3v) is 2.55. The van der Waals surface area contributed by atoms with Gasteiger partial charge in [-0.1, -0.05) is 0 Å². The highest BCUT2D eigenvalue weighted by Crippen LogP contribution is 2.28. The first kappa shape index (κ1) is 13.5. The van der Waals surface area contributed by atoms with Gasteiger partial charge in [0.15, 0.2) is 5.89 Å². The van der Waals surface area contributed by atoms with Crippen LogP contribution in [0.1, 0.15) is 22.1 Å². The number of aryl methyl sites for hydroxylation is 2. The van der Waals surface area contributed by atoms with Crippen LogP contribution in [0.4, 0.5) is 11.4 Å². The third kappa shape index (κ3) is 2.58. The van der Waals surface area contributed by atoms with E-state index in [1.54, 1.807) is 13.8 Å². The number of aromatic hydroxyl groups is 1. The number of phenolic OH excluding ortho intramolecular Hbond substituents is 1. The van der Waals surface area contributed by atoms with Gasteiger partial charge in [0.25, 0.3) is 11.6 Å². The number of hydrogen-bond acceptors (Lipinski definition) is 6. The van der Waals surface area contributed by atoms with Gasteiger partial charge in [-0.05, 0) is 13.0 Å². The molecule has 2 rings (SSSR count). The number of oxazole rings is 1. The summed E-state index contributed by atoms with van der Waals surface area (Å²) in [6.45, 7) is 3.22. The zero-order valence-electron chi connectivity index (χ0n) is 10.7. The van der Waals surface area contributed by atoms with E-state index in [1.165, 1.54) is 12.1 Å². The summed E-state index contributed by atoms with van der Waals surface area (Å²) in [5, 5.41) is 22.6. The normalized spacial score (nSPS) is 10.3.